The molecule has 0 unspecified atom stereocenters. The Hall–Kier alpha value is -3.09. The first kappa shape index (κ1) is 17.7. The highest BCUT2D eigenvalue weighted by Gasteiger charge is 2.27. The summed E-state index contributed by atoms with van der Waals surface area (Å²) in [7, 11) is 1.37. The molecule has 2 aromatic carbocycles. The van der Waals surface area contributed by atoms with Crippen molar-refractivity contribution in [2.24, 2.45) is 0 Å². The SMILES string of the molecule is COc1cc(NC(=O)CN2c3ccccc3C[C@@H]2C)c(C)cc1[N+](=O)[O-]. The summed E-state index contributed by atoms with van der Waals surface area (Å²) in [6.07, 6.45) is 0.911. The van der Waals surface area contributed by atoms with Crippen LogP contribution in [0.4, 0.5) is 17.1 Å². The number of carbonyl (C=O) groups is 1. The molecule has 0 radical (unpaired) electrons. The molecular formula is C19H21N3O4. The smallest absolute Gasteiger partial charge is 0.311 e. The molecule has 1 heterocycles. The van der Waals surface area contributed by atoms with Gasteiger partial charge < -0.3 is 15.0 Å². The van der Waals surface area contributed by atoms with E-state index >= 15 is 0 Å². The maximum absolute atomic E-state index is 12.6. The molecule has 1 aliphatic heterocycles. The molecular weight excluding hydrogens is 334 g/mol. The number of hydrogen-bond acceptors (Lipinski definition) is 5. The number of benzene rings is 2. The molecule has 0 aromatic heterocycles. The zero-order valence-electron chi connectivity index (χ0n) is 15.0. The van der Waals surface area contributed by atoms with E-state index in [1.54, 1.807) is 6.92 Å². The molecule has 0 saturated carbocycles. The van der Waals surface area contributed by atoms with Gasteiger partial charge in [-0.15, -0.1) is 0 Å². The Labute approximate surface area is 151 Å². The second kappa shape index (κ2) is 7.03. The number of nitrogens with zero attached hydrogens (tertiary/aromatic N) is 2. The van der Waals surface area contributed by atoms with Crippen LogP contribution in [0.5, 0.6) is 5.75 Å². The van der Waals surface area contributed by atoms with Crippen LogP contribution in [0.25, 0.3) is 0 Å². The van der Waals surface area contributed by atoms with Gasteiger partial charge in [0.25, 0.3) is 0 Å². The topological polar surface area (TPSA) is 84.7 Å². The first-order valence-electron chi connectivity index (χ1n) is 8.38. The quantitative estimate of drug-likeness (QED) is 0.657. The lowest BCUT2D eigenvalue weighted by Crippen LogP contribution is -2.37. The molecule has 0 spiro atoms. The number of rotatable bonds is 5. The van der Waals surface area contributed by atoms with Gasteiger partial charge in [0.2, 0.25) is 5.91 Å². The fourth-order valence-corrected chi connectivity index (χ4v) is 3.33. The number of amides is 1. The second-order valence-corrected chi connectivity index (χ2v) is 6.45. The summed E-state index contributed by atoms with van der Waals surface area (Å²) in [5.74, 6) is -0.0525. The Morgan fingerprint density at radius 2 is 2.12 bits per heavy atom. The summed E-state index contributed by atoms with van der Waals surface area (Å²) in [5.41, 5.74) is 3.32. The van der Waals surface area contributed by atoms with Crippen LogP contribution in [-0.2, 0) is 11.2 Å². The molecule has 1 N–H and O–H groups in total. The van der Waals surface area contributed by atoms with Crippen LogP contribution in [0.1, 0.15) is 18.1 Å². The highest BCUT2D eigenvalue weighted by atomic mass is 16.6. The molecule has 26 heavy (non-hydrogen) atoms. The van der Waals surface area contributed by atoms with Crippen molar-refractivity contribution in [3.05, 3.63) is 57.6 Å². The van der Waals surface area contributed by atoms with E-state index in [0.29, 0.717) is 11.3 Å². The van der Waals surface area contributed by atoms with Crippen molar-refractivity contribution in [1.82, 2.24) is 0 Å². The minimum absolute atomic E-state index is 0.120. The van der Waals surface area contributed by atoms with Gasteiger partial charge in [0, 0.05) is 29.5 Å². The number of carbonyl (C=O) groups excluding carboxylic acids is 1. The predicted molar refractivity (Wildman–Crippen MR) is 100.0 cm³/mol. The Balaban J connectivity index is 1.78. The van der Waals surface area contributed by atoms with Gasteiger partial charge in [-0.3, -0.25) is 14.9 Å². The first-order chi connectivity index (χ1) is 12.4. The van der Waals surface area contributed by atoms with E-state index in [0.717, 1.165) is 12.1 Å². The van der Waals surface area contributed by atoms with Gasteiger partial charge in [-0.2, -0.15) is 0 Å². The molecule has 0 saturated heterocycles. The number of nitro benzene ring substituents is 1. The molecule has 2 aromatic rings. The van der Waals surface area contributed by atoms with Crippen LogP contribution < -0.4 is 15.0 Å². The average molecular weight is 355 g/mol. The molecule has 1 amide bonds. The molecule has 0 aliphatic carbocycles. The number of fused-ring (bicyclic) bond motifs is 1. The van der Waals surface area contributed by atoms with Gasteiger partial charge in [0.15, 0.2) is 5.75 Å². The van der Waals surface area contributed by atoms with E-state index in [-0.39, 0.29) is 29.9 Å². The van der Waals surface area contributed by atoms with Gasteiger partial charge in [0.05, 0.1) is 18.6 Å². The van der Waals surface area contributed by atoms with Gasteiger partial charge in [-0.25, -0.2) is 0 Å². The number of aryl methyl sites for hydroxylation is 1. The van der Waals surface area contributed by atoms with E-state index < -0.39 is 4.92 Å². The van der Waals surface area contributed by atoms with Crippen LogP contribution >= 0.6 is 0 Å². The van der Waals surface area contributed by atoms with Gasteiger partial charge in [-0.05, 0) is 37.5 Å². The monoisotopic (exact) mass is 355 g/mol. The predicted octanol–water partition coefficient (Wildman–Crippen LogP) is 3.30. The van der Waals surface area contributed by atoms with Crippen LogP contribution in [0, 0.1) is 17.0 Å². The maximum Gasteiger partial charge on any atom is 0.311 e. The molecule has 1 aliphatic rings. The third-order valence-corrected chi connectivity index (χ3v) is 4.66. The summed E-state index contributed by atoms with van der Waals surface area (Å²) in [5, 5.41) is 13.9. The summed E-state index contributed by atoms with van der Waals surface area (Å²) in [4.78, 5) is 25.2. The van der Waals surface area contributed by atoms with Crippen LogP contribution in [-0.4, -0.2) is 30.5 Å². The van der Waals surface area contributed by atoms with E-state index in [1.165, 1.54) is 24.8 Å². The van der Waals surface area contributed by atoms with Crippen molar-refractivity contribution in [2.45, 2.75) is 26.3 Å². The largest absolute Gasteiger partial charge is 0.490 e. The van der Waals surface area contributed by atoms with Gasteiger partial charge in [-0.1, -0.05) is 18.2 Å². The van der Waals surface area contributed by atoms with E-state index in [2.05, 4.69) is 23.2 Å². The van der Waals surface area contributed by atoms with Gasteiger partial charge >= 0.3 is 5.69 Å². The Morgan fingerprint density at radius 1 is 1.38 bits per heavy atom. The fourth-order valence-electron chi connectivity index (χ4n) is 3.33. The minimum atomic E-state index is -0.500. The van der Waals surface area contributed by atoms with Crippen molar-refractivity contribution in [2.75, 3.05) is 23.9 Å². The lowest BCUT2D eigenvalue weighted by atomic mass is 10.1. The summed E-state index contributed by atoms with van der Waals surface area (Å²) >= 11 is 0. The van der Waals surface area contributed by atoms with Crippen molar-refractivity contribution < 1.29 is 14.5 Å². The van der Waals surface area contributed by atoms with Crippen molar-refractivity contribution in [3.63, 3.8) is 0 Å². The summed E-state index contributed by atoms with van der Waals surface area (Å²) in [6.45, 7) is 4.03. The van der Waals surface area contributed by atoms with Crippen LogP contribution in [0.15, 0.2) is 36.4 Å². The fraction of sp³-hybridized carbons (Fsp3) is 0.316. The minimum Gasteiger partial charge on any atom is -0.490 e. The number of ether oxygens (including phenoxy) is 1. The number of methoxy groups -OCH3 is 1. The molecule has 0 bridgehead atoms. The molecule has 3 rings (SSSR count). The first-order valence-corrected chi connectivity index (χ1v) is 8.38. The molecule has 7 heteroatoms. The zero-order valence-corrected chi connectivity index (χ0v) is 15.0. The van der Waals surface area contributed by atoms with E-state index in [1.807, 2.05) is 18.2 Å². The Bertz CT molecular complexity index is 866. The maximum atomic E-state index is 12.6. The number of para-hydroxylation sites is 1. The number of anilines is 2. The third kappa shape index (κ3) is 3.33. The molecule has 7 nitrogen and oxygen atoms in total. The Morgan fingerprint density at radius 3 is 2.81 bits per heavy atom. The number of hydrogen-bond donors (Lipinski definition) is 1. The van der Waals surface area contributed by atoms with Crippen LogP contribution in [0.2, 0.25) is 0 Å². The number of nitro groups is 1. The van der Waals surface area contributed by atoms with Gasteiger partial charge in [0.1, 0.15) is 0 Å². The number of nitrogens with one attached hydrogen (secondary N) is 1. The van der Waals surface area contributed by atoms with E-state index in [9.17, 15) is 14.9 Å². The highest BCUT2D eigenvalue weighted by molar-refractivity contribution is 5.95. The zero-order chi connectivity index (χ0) is 18.8. The lowest BCUT2D eigenvalue weighted by Gasteiger charge is -2.24. The summed E-state index contributed by atoms with van der Waals surface area (Å²) < 4.78 is 5.08. The summed E-state index contributed by atoms with van der Waals surface area (Å²) in [6, 6.07) is 11.2. The third-order valence-electron chi connectivity index (χ3n) is 4.66. The highest BCUT2D eigenvalue weighted by Crippen LogP contribution is 2.34. The second-order valence-electron chi connectivity index (χ2n) is 6.45. The normalized spacial score (nSPS) is 15.5. The average Bonchev–Trinajstić information content (AvgIpc) is 2.91. The Kier molecular flexibility index (Phi) is 4.79. The molecule has 1 atom stereocenters. The van der Waals surface area contributed by atoms with Crippen molar-refractivity contribution >= 4 is 23.0 Å². The van der Waals surface area contributed by atoms with Crippen LogP contribution in [0.3, 0.4) is 0 Å². The van der Waals surface area contributed by atoms with E-state index in [4.69, 9.17) is 4.74 Å². The van der Waals surface area contributed by atoms with Crippen molar-refractivity contribution in [1.29, 1.82) is 0 Å². The standard InChI is InChI=1S/C19H21N3O4/c1-12-8-17(22(24)25)18(26-3)10-15(12)20-19(23)11-21-13(2)9-14-6-4-5-7-16(14)21/h4-8,10,13H,9,11H2,1-3H3,(H,20,23)/t13-/m0/s1. The lowest BCUT2D eigenvalue weighted by molar-refractivity contribution is -0.385. The molecule has 0 fully saturated rings. The van der Waals surface area contributed by atoms with Crippen molar-refractivity contribution in [3.8, 4) is 5.75 Å². The molecule has 136 valence electrons.